The number of aromatic nitrogens is 2. The molecule has 20 heavy (non-hydrogen) atoms. The average molecular weight is 336 g/mol. The Morgan fingerprint density at radius 2 is 2.20 bits per heavy atom. The molecular formula is C14H14BrN3O2. The summed E-state index contributed by atoms with van der Waals surface area (Å²) in [7, 11) is 1.37. The predicted molar refractivity (Wildman–Crippen MR) is 78.1 cm³/mol. The molecule has 0 aliphatic carbocycles. The number of methoxy groups -OCH3 is 1. The Morgan fingerprint density at radius 3 is 2.85 bits per heavy atom. The van der Waals surface area contributed by atoms with E-state index in [1.165, 1.54) is 7.11 Å². The smallest absolute Gasteiger partial charge is 0.337 e. The normalized spacial score (nSPS) is 10.3. The molecule has 1 heterocycles. The molecule has 0 aliphatic rings. The number of halogens is 1. The molecule has 0 radical (unpaired) electrons. The second kappa shape index (κ2) is 7.12. The largest absolute Gasteiger partial charge is 0.465 e. The maximum absolute atomic E-state index is 11.4. The number of nitrogens with one attached hydrogen (secondary N) is 1. The summed E-state index contributed by atoms with van der Waals surface area (Å²) in [5.41, 5.74) is 2.47. The van der Waals surface area contributed by atoms with Crippen molar-refractivity contribution in [1.29, 1.82) is 0 Å². The maximum atomic E-state index is 11.4. The Labute approximate surface area is 125 Å². The van der Waals surface area contributed by atoms with Crippen LogP contribution in [-0.2, 0) is 17.8 Å². The highest BCUT2D eigenvalue weighted by Gasteiger charge is 2.08. The number of carbonyl (C=O) groups excluding carboxylic acids is 1. The van der Waals surface area contributed by atoms with Crippen molar-refractivity contribution in [3.05, 3.63) is 57.8 Å². The Kier molecular flexibility index (Phi) is 5.20. The summed E-state index contributed by atoms with van der Waals surface area (Å²) in [5, 5.41) is 11.1. The van der Waals surface area contributed by atoms with E-state index in [4.69, 9.17) is 0 Å². The average Bonchev–Trinajstić information content (AvgIpc) is 2.49. The van der Waals surface area contributed by atoms with E-state index in [-0.39, 0.29) is 5.97 Å². The van der Waals surface area contributed by atoms with Crippen LogP contribution in [0.4, 0.5) is 0 Å². The van der Waals surface area contributed by atoms with Crippen LogP contribution in [0.3, 0.4) is 0 Å². The SMILES string of the molecule is COC(=O)c1ccc(CNCc2cccnn2)c(Br)c1. The summed E-state index contributed by atoms with van der Waals surface area (Å²) < 4.78 is 5.55. The van der Waals surface area contributed by atoms with E-state index < -0.39 is 0 Å². The lowest BCUT2D eigenvalue weighted by atomic mass is 10.1. The van der Waals surface area contributed by atoms with Gasteiger partial charge in [-0.1, -0.05) is 22.0 Å². The van der Waals surface area contributed by atoms with Gasteiger partial charge < -0.3 is 10.1 Å². The van der Waals surface area contributed by atoms with Crippen molar-refractivity contribution in [3.63, 3.8) is 0 Å². The maximum Gasteiger partial charge on any atom is 0.337 e. The Balaban J connectivity index is 1.95. The van der Waals surface area contributed by atoms with Gasteiger partial charge in [-0.15, -0.1) is 0 Å². The standard InChI is InChI=1S/C14H14BrN3O2/c1-20-14(19)10-4-5-11(13(15)7-10)8-16-9-12-3-2-6-17-18-12/h2-7,16H,8-9H2,1H3. The van der Waals surface area contributed by atoms with E-state index in [0.29, 0.717) is 18.7 Å². The van der Waals surface area contributed by atoms with Gasteiger partial charge in [0, 0.05) is 23.8 Å². The Bertz CT molecular complexity index is 590. The van der Waals surface area contributed by atoms with Gasteiger partial charge in [0.25, 0.3) is 0 Å². The molecule has 1 aromatic heterocycles. The third kappa shape index (κ3) is 3.85. The van der Waals surface area contributed by atoms with Crippen LogP contribution in [0.25, 0.3) is 0 Å². The minimum atomic E-state index is -0.343. The predicted octanol–water partition coefficient (Wildman–Crippen LogP) is 2.32. The van der Waals surface area contributed by atoms with Gasteiger partial charge in [-0.3, -0.25) is 0 Å². The lowest BCUT2D eigenvalue weighted by molar-refractivity contribution is 0.0600. The second-order valence-corrected chi connectivity index (χ2v) is 4.97. The lowest BCUT2D eigenvalue weighted by Gasteiger charge is -2.08. The number of hydrogen-bond donors (Lipinski definition) is 1. The van der Waals surface area contributed by atoms with E-state index >= 15 is 0 Å². The molecule has 0 bridgehead atoms. The van der Waals surface area contributed by atoms with Crippen molar-refractivity contribution >= 4 is 21.9 Å². The molecule has 1 N–H and O–H groups in total. The fourth-order valence-corrected chi connectivity index (χ4v) is 2.21. The molecule has 2 rings (SSSR count). The number of ether oxygens (including phenoxy) is 1. The molecule has 0 saturated heterocycles. The number of rotatable bonds is 5. The third-order valence-corrected chi connectivity index (χ3v) is 3.46. The zero-order chi connectivity index (χ0) is 14.4. The molecule has 2 aromatic rings. The van der Waals surface area contributed by atoms with Crippen molar-refractivity contribution in [3.8, 4) is 0 Å². The van der Waals surface area contributed by atoms with Gasteiger partial charge >= 0.3 is 5.97 Å². The van der Waals surface area contributed by atoms with E-state index in [2.05, 4.69) is 36.2 Å². The zero-order valence-electron chi connectivity index (χ0n) is 11.0. The summed E-state index contributed by atoms with van der Waals surface area (Å²) in [6.45, 7) is 1.30. The Morgan fingerprint density at radius 1 is 1.35 bits per heavy atom. The van der Waals surface area contributed by atoms with E-state index in [9.17, 15) is 4.79 Å². The number of nitrogens with zero attached hydrogens (tertiary/aromatic N) is 2. The van der Waals surface area contributed by atoms with Crippen LogP contribution < -0.4 is 5.32 Å². The van der Waals surface area contributed by atoms with Crippen molar-refractivity contribution in [1.82, 2.24) is 15.5 Å². The molecule has 0 aliphatic heterocycles. The molecule has 0 amide bonds. The molecule has 0 atom stereocenters. The third-order valence-electron chi connectivity index (χ3n) is 2.72. The number of hydrogen-bond acceptors (Lipinski definition) is 5. The molecule has 0 fully saturated rings. The van der Waals surface area contributed by atoms with E-state index in [1.807, 2.05) is 18.2 Å². The number of benzene rings is 1. The second-order valence-electron chi connectivity index (χ2n) is 4.12. The highest BCUT2D eigenvalue weighted by molar-refractivity contribution is 9.10. The van der Waals surface area contributed by atoms with Gasteiger partial charge in [-0.05, 0) is 29.8 Å². The Hall–Kier alpha value is -1.79. The minimum absolute atomic E-state index is 0.343. The summed E-state index contributed by atoms with van der Waals surface area (Å²) in [5.74, 6) is -0.343. The van der Waals surface area contributed by atoms with Gasteiger partial charge in [-0.2, -0.15) is 10.2 Å². The van der Waals surface area contributed by atoms with E-state index in [0.717, 1.165) is 15.7 Å². The summed E-state index contributed by atoms with van der Waals surface area (Å²) in [4.78, 5) is 11.4. The molecular weight excluding hydrogens is 322 g/mol. The van der Waals surface area contributed by atoms with Crippen LogP contribution in [0, 0.1) is 0 Å². The first-order valence-electron chi connectivity index (χ1n) is 6.04. The van der Waals surface area contributed by atoms with Crippen LogP contribution in [0.1, 0.15) is 21.6 Å². The van der Waals surface area contributed by atoms with Crippen molar-refractivity contribution in [2.75, 3.05) is 7.11 Å². The van der Waals surface area contributed by atoms with Gasteiger partial charge in [0.05, 0.1) is 18.4 Å². The van der Waals surface area contributed by atoms with Crippen molar-refractivity contribution in [2.24, 2.45) is 0 Å². The van der Waals surface area contributed by atoms with Crippen LogP contribution in [0.5, 0.6) is 0 Å². The quantitative estimate of drug-likeness (QED) is 0.849. The highest BCUT2D eigenvalue weighted by atomic mass is 79.9. The summed E-state index contributed by atoms with van der Waals surface area (Å²) >= 11 is 3.46. The summed E-state index contributed by atoms with van der Waals surface area (Å²) in [6, 6.07) is 9.15. The fraction of sp³-hybridized carbons (Fsp3) is 0.214. The first-order chi connectivity index (χ1) is 9.70. The highest BCUT2D eigenvalue weighted by Crippen LogP contribution is 2.19. The van der Waals surface area contributed by atoms with E-state index in [1.54, 1.807) is 18.3 Å². The molecule has 5 nitrogen and oxygen atoms in total. The fourth-order valence-electron chi connectivity index (χ4n) is 1.69. The summed E-state index contributed by atoms with van der Waals surface area (Å²) in [6.07, 6.45) is 1.64. The van der Waals surface area contributed by atoms with Crippen LogP contribution in [-0.4, -0.2) is 23.3 Å². The van der Waals surface area contributed by atoms with Crippen molar-refractivity contribution < 1.29 is 9.53 Å². The van der Waals surface area contributed by atoms with Gasteiger partial charge in [-0.25, -0.2) is 4.79 Å². The number of esters is 1. The first kappa shape index (κ1) is 14.6. The molecule has 104 valence electrons. The monoisotopic (exact) mass is 335 g/mol. The topological polar surface area (TPSA) is 64.1 Å². The first-order valence-corrected chi connectivity index (χ1v) is 6.84. The molecule has 1 aromatic carbocycles. The van der Waals surface area contributed by atoms with Crippen LogP contribution >= 0.6 is 15.9 Å². The van der Waals surface area contributed by atoms with Gasteiger partial charge in [0.2, 0.25) is 0 Å². The molecule has 0 saturated carbocycles. The van der Waals surface area contributed by atoms with Gasteiger partial charge in [0.1, 0.15) is 0 Å². The minimum Gasteiger partial charge on any atom is -0.465 e. The molecule has 0 unspecified atom stereocenters. The van der Waals surface area contributed by atoms with Crippen molar-refractivity contribution in [2.45, 2.75) is 13.1 Å². The molecule has 6 heteroatoms. The van der Waals surface area contributed by atoms with Gasteiger partial charge in [0.15, 0.2) is 0 Å². The van der Waals surface area contributed by atoms with Crippen LogP contribution in [0.2, 0.25) is 0 Å². The molecule has 0 spiro atoms. The lowest BCUT2D eigenvalue weighted by Crippen LogP contribution is -2.14. The number of carbonyl (C=O) groups is 1. The zero-order valence-corrected chi connectivity index (χ0v) is 12.6. The van der Waals surface area contributed by atoms with Crippen LogP contribution in [0.15, 0.2) is 41.0 Å².